The number of pyridine rings is 1. The molecule has 0 spiro atoms. The lowest BCUT2D eigenvalue weighted by atomic mass is 10.2. The van der Waals surface area contributed by atoms with Gasteiger partial charge in [-0.1, -0.05) is 6.07 Å². The maximum atomic E-state index is 12.5. The molecular formula is C17H18F2N2O4S. The van der Waals surface area contributed by atoms with E-state index in [-0.39, 0.29) is 18.2 Å². The molecule has 0 saturated carbocycles. The Hall–Kier alpha value is -2.55. The summed E-state index contributed by atoms with van der Waals surface area (Å²) in [5.74, 6) is -3.58. The van der Waals surface area contributed by atoms with Crippen LogP contribution in [0.2, 0.25) is 0 Å². The highest BCUT2D eigenvalue weighted by Gasteiger charge is 2.26. The number of alkyl halides is 2. The van der Waals surface area contributed by atoms with Crippen molar-refractivity contribution in [3.63, 3.8) is 0 Å². The molecule has 0 aliphatic heterocycles. The van der Waals surface area contributed by atoms with E-state index in [1.165, 1.54) is 12.1 Å². The van der Waals surface area contributed by atoms with Gasteiger partial charge in [-0.05, 0) is 44.2 Å². The maximum absolute atomic E-state index is 12.5. The molecule has 0 bridgehead atoms. The maximum Gasteiger partial charge on any atom is 0.341 e. The normalized spacial score (nSPS) is 11.6. The van der Waals surface area contributed by atoms with Crippen LogP contribution in [0.15, 0.2) is 47.5 Å². The summed E-state index contributed by atoms with van der Waals surface area (Å²) in [6.07, 6.45) is 1.49. The average Bonchev–Trinajstić information content (AvgIpc) is 2.60. The highest BCUT2D eigenvalue weighted by atomic mass is 32.2. The zero-order valence-electron chi connectivity index (χ0n) is 14.1. The summed E-state index contributed by atoms with van der Waals surface area (Å²) in [5, 5.41) is 2.65. The van der Waals surface area contributed by atoms with E-state index in [0.717, 1.165) is 12.1 Å². The van der Waals surface area contributed by atoms with Gasteiger partial charge >= 0.3 is 5.76 Å². The highest BCUT2D eigenvalue weighted by Crippen LogP contribution is 2.19. The first-order valence-corrected chi connectivity index (χ1v) is 9.27. The molecule has 0 aliphatic rings. The third kappa shape index (κ3) is 4.75. The molecule has 9 heteroatoms. The number of ether oxygens (including phenoxy) is 1. The predicted molar refractivity (Wildman–Crippen MR) is 90.8 cm³/mol. The molecule has 0 radical (unpaired) electrons. The van der Waals surface area contributed by atoms with Crippen molar-refractivity contribution in [2.75, 3.05) is 0 Å². The van der Waals surface area contributed by atoms with Gasteiger partial charge in [0.25, 0.3) is 5.91 Å². The van der Waals surface area contributed by atoms with E-state index in [4.69, 9.17) is 4.74 Å². The molecule has 2 aromatic rings. The molecule has 0 atom stereocenters. The Morgan fingerprint density at radius 2 is 1.85 bits per heavy atom. The topological polar surface area (TPSA) is 85.4 Å². The number of carbonyl (C=O) groups excluding carboxylic acids is 1. The van der Waals surface area contributed by atoms with E-state index >= 15 is 0 Å². The van der Waals surface area contributed by atoms with E-state index in [0.29, 0.717) is 11.4 Å². The fourth-order valence-corrected chi connectivity index (χ4v) is 2.79. The lowest BCUT2D eigenvalue weighted by Crippen LogP contribution is -2.23. The van der Waals surface area contributed by atoms with Gasteiger partial charge in [-0.2, -0.15) is 8.78 Å². The van der Waals surface area contributed by atoms with Gasteiger partial charge in [0.05, 0.1) is 11.0 Å². The zero-order valence-corrected chi connectivity index (χ0v) is 15.0. The minimum Gasteiger partial charge on any atom is -0.475 e. The predicted octanol–water partition coefficient (Wildman–Crippen LogP) is 2.80. The van der Waals surface area contributed by atoms with Crippen LogP contribution in [0.1, 0.15) is 29.8 Å². The largest absolute Gasteiger partial charge is 0.475 e. The Morgan fingerprint density at radius 3 is 2.42 bits per heavy atom. The monoisotopic (exact) mass is 384 g/mol. The summed E-state index contributed by atoms with van der Waals surface area (Å²) in [4.78, 5) is 15.8. The van der Waals surface area contributed by atoms with Gasteiger partial charge in [0.15, 0.2) is 0 Å². The Bertz CT molecular complexity index is 869. The summed E-state index contributed by atoms with van der Waals surface area (Å²) >= 11 is 0. The van der Waals surface area contributed by atoms with Gasteiger partial charge in [0, 0.05) is 23.9 Å². The van der Waals surface area contributed by atoms with Crippen molar-refractivity contribution >= 4 is 15.7 Å². The van der Waals surface area contributed by atoms with E-state index in [1.807, 2.05) is 13.8 Å². The van der Waals surface area contributed by atoms with E-state index in [9.17, 15) is 22.0 Å². The molecule has 1 aromatic heterocycles. The first-order valence-electron chi connectivity index (χ1n) is 7.72. The molecule has 1 heterocycles. The minimum absolute atomic E-state index is 0.0799. The molecular weight excluding hydrogens is 366 g/mol. The Balaban J connectivity index is 2.08. The van der Waals surface area contributed by atoms with Crippen LogP contribution in [0.5, 0.6) is 5.88 Å². The lowest BCUT2D eigenvalue weighted by Gasteiger charge is -2.13. The van der Waals surface area contributed by atoms with Gasteiger partial charge in [0.1, 0.15) is 0 Å². The van der Waals surface area contributed by atoms with Crippen molar-refractivity contribution in [3.05, 3.63) is 53.7 Å². The molecule has 0 aliphatic carbocycles. The fourth-order valence-electron chi connectivity index (χ4n) is 2.06. The van der Waals surface area contributed by atoms with Gasteiger partial charge in [-0.15, -0.1) is 0 Å². The summed E-state index contributed by atoms with van der Waals surface area (Å²) in [7, 11) is -4.68. The Labute approximate surface area is 150 Å². The SMILES string of the molecule is CC(C)Oc1ncccc1CNC(=O)c1ccc(S(=O)(=O)C(F)F)cc1. The highest BCUT2D eigenvalue weighted by molar-refractivity contribution is 7.91. The van der Waals surface area contributed by atoms with Crippen LogP contribution in [-0.2, 0) is 16.4 Å². The summed E-state index contributed by atoms with van der Waals surface area (Å²) in [6.45, 7) is 3.85. The molecule has 0 saturated heterocycles. The number of sulfone groups is 1. The van der Waals surface area contributed by atoms with E-state index in [1.54, 1.807) is 18.3 Å². The van der Waals surface area contributed by atoms with Crippen LogP contribution in [0.3, 0.4) is 0 Å². The number of hydrogen-bond acceptors (Lipinski definition) is 5. The van der Waals surface area contributed by atoms with Crippen molar-refractivity contribution in [2.24, 2.45) is 0 Å². The molecule has 140 valence electrons. The quantitative estimate of drug-likeness (QED) is 0.793. The minimum atomic E-state index is -4.68. The second kappa shape index (κ2) is 8.22. The lowest BCUT2D eigenvalue weighted by molar-refractivity contribution is 0.0950. The number of benzene rings is 1. The van der Waals surface area contributed by atoms with Crippen molar-refractivity contribution in [1.82, 2.24) is 10.3 Å². The van der Waals surface area contributed by atoms with Crippen molar-refractivity contribution < 1.29 is 26.7 Å². The van der Waals surface area contributed by atoms with E-state index < -0.39 is 26.4 Å². The first kappa shape index (κ1) is 19.8. The third-order valence-electron chi connectivity index (χ3n) is 3.32. The Kier molecular flexibility index (Phi) is 6.25. The zero-order chi connectivity index (χ0) is 19.3. The van der Waals surface area contributed by atoms with Crippen LogP contribution in [0, 0.1) is 0 Å². The van der Waals surface area contributed by atoms with Crippen LogP contribution >= 0.6 is 0 Å². The molecule has 0 fully saturated rings. The first-order chi connectivity index (χ1) is 12.2. The number of carbonyl (C=O) groups is 1. The fraction of sp³-hybridized carbons (Fsp3) is 0.294. The van der Waals surface area contributed by atoms with Crippen molar-refractivity contribution in [3.8, 4) is 5.88 Å². The van der Waals surface area contributed by atoms with Crippen LogP contribution in [0.25, 0.3) is 0 Å². The molecule has 1 amide bonds. The summed E-state index contributed by atoms with van der Waals surface area (Å²) < 4.78 is 53.3. The second-order valence-electron chi connectivity index (χ2n) is 5.65. The van der Waals surface area contributed by atoms with Gasteiger partial charge < -0.3 is 10.1 Å². The third-order valence-corrected chi connectivity index (χ3v) is 4.71. The van der Waals surface area contributed by atoms with Gasteiger partial charge in [-0.3, -0.25) is 4.79 Å². The summed E-state index contributed by atoms with van der Waals surface area (Å²) in [5.41, 5.74) is 0.819. The van der Waals surface area contributed by atoms with Crippen molar-refractivity contribution in [1.29, 1.82) is 0 Å². The molecule has 6 nitrogen and oxygen atoms in total. The number of amides is 1. The van der Waals surface area contributed by atoms with Crippen LogP contribution in [-0.4, -0.2) is 31.2 Å². The van der Waals surface area contributed by atoms with Gasteiger partial charge in [-0.25, -0.2) is 13.4 Å². The molecule has 0 unspecified atom stereocenters. The Morgan fingerprint density at radius 1 is 1.19 bits per heavy atom. The molecule has 1 N–H and O–H groups in total. The number of rotatable bonds is 7. The van der Waals surface area contributed by atoms with Crippen molar-refractivity contribution in [2.45, 2.75) is 37.1 Å². The average molecular weight is 384 g/mol. The summed E-state index contributed by atoms with van der Waals surface area (Å²) in [6, 6.07) is 7.78. The number of hydrogen-bond donors (Lipinski definition) is 1. The number of nitrogens with one attached hydrogen (secondary N) is 1. The molecule has 2 rings (SSSR count). The smallest absolute Gasteiger partial charge is 0.341 e. The van der Waals surface area contributed by atoms with Crippen LogP contribution < -0.4 is 10.1 Å². The number of halogens is 2. The number of nitrogens with zero attached hydrogens (tertiary/aromatic N) is 1. The standard InChI is InChI=1S/C17H18F2N2O4S/c1-11(2)25-16-13(4-3-9-20-16)10-21-15(22)12-5-7-14(8-6-12)26(23,24)17(18)19/h3-9,11,17H,10H2,1-2H3,(H,21,22). The molecule has 26 heavy (non-hydrogen) atoms. The van der Waals surface area contributed by atoms with Crippen LogP contribution in [0.4, 0.5) is 8.78 Å². The van der Waals surface area contributed by atoms with E-state index in [2.05, 4.69) is 10.3 Å². The number of aromatic nitrogens is 1. The van der Waals surface area contributed by atoms with Gasteiger partial charge in [0.2, 0.25) is 15.7 Å². The molecule has 1 aromatic carbocycles. The second-order valence-corrected chi connectivity index (χ2v) is 7.56.